The number of methoxy groups -OCH3 is 1. The highest BCUT2D eigenvalue weighted by atomic mass is 16.5. The van der Waals surface area contributed by atoms with Gasteiger partial charge in [0.05, 0.1) is 39.3 Å². The van der Waals surface area contributed by atoms with E-state index in [1.54, 1.807) is 12.0 Å². The molecule has 3 heteroatoms. The molecule has 0 radical (unpaired) electrons. The molecule has 0 bridgehead atoms. The van der Waals surface area contributed by atoms with Crippen LogP contribution in [0.1, 0.15) is 38.2 Å². The van der Waals surface area contributed by atoms with Gasteiger partial charge in [-0.05, 0) is 30.9 Å². The zero-order chi connectivity index (χ0) is 15.4. The Bertz CT molecular complexity index is 460. The Labute approximate surface area is 135 Å². The molecular formula is C19H32N2O+2. The van der Waals surface area contributed by atoms with Gasteiger partial charge >= 0.3 is 0 Å². The Morgan fingerprint density at radius 2 is 1.68 bits per heavy atom. The minimum atomic E-state index is 0.925. The van der Waals surface area contributed by atoms with Crippen LogP contribution < -0.4 is 14.5 Å². The smallest absolute Gasteiger partial charge is 0.127 e. The molecule has 22 heavy (non-hydrogen) atoms. The molecule has 2 heterocycles. The molecule has 0 saturated carbocycles. The van der Waals surface area contributed by atoms with Crippen LogP contribution in [-0.2, 0) is 6.54 Å². The highest BCUT2D eigenvalue weighted by Crippen LogP contribution is 2.16. The molecule has 0 amide bonds. The quantitative estimate of drug-likeness (QED) is 0.832. The molecule has 0 aromatic heterocycles. The summed E-state index contributed by atoms with van der Waals surface area (Å²) < 4.78 is 5.50. The van der Waals surface area contributed by atoms with Crippen LogP contribution in [0.4, 0.5) is 0 Å². The number of rotatable bonds is 4. The lowest BCUT2D eigenvalue weighted by Crippen LogP contribution is -3.20. The molecule has 0 aliphatic carbocycles. The van der Waals surface area contributed by atoms with Crippen LogP contribution in [0.15, 0.2) is 24.3 Å². The summed E-state index contributed by atoms with van der Waals surface area (Å²) in [6.45, 7) is 8.99. The average molecular weight is 304 g/mol. The largest absolute Gasteiger partial charge is 0.496 e. The molecule has 1 aromatic rings. The number of piperidine rings is 2. The van der Waals surface area contributed by atoms with Crippen molar-refractivity contribution >= 4 is 0 Å². The third-order valence-corrected chi connectivity index (χ3v) is 5.82. The van der Waals surface area contributed by atoms with Crippen molar-refractivity contribution in [2.24, 2.45) is 5.92 Å². The fraction of sp³-hybridized carbons (Fsp3) is 0.684. The second-order valence-corrected chi connectivity index (χ2v) is 7.35. The second kappa shape index (κ2) is 7.47. The molecule has 2 aliphatic heterocycles. The van der Waals surface area contributed by atoms with E-state index in [0.717, 1.165) is 24.3 Å². The van der Waals surface area contributed by atoms with Gasteiger partial charge in [-0.2, -0.15) is 0 Å². The van der Waals surface area contributed by atoms with E-state index in [1.807, 2.05) is 4.90 Å². The summed E-state index contributed by atoms with van der Waals surface area (Å²) >= 11 is 0. The fourth-order valence-corrected chi connectivity index (χ4v) is 4.27. The number of likely N-dealkylation sites (tertiary alicyclic amines) is 2. The van der Waals surface area contributed by atoms with Crippen molar-refractivity contribution in [2.75, 3.05) is 33.3 Å². The SMILES string of the molecule is COc1ccccc1C[NH+]1CCC([NH+]2CCC(C)CC2)CC1. The number of ether oxygens (including phenoxy) is 1. The van der Waals surface area contributed by atoms with Gasteiger partial charge in [-0.3, -0.25) is 0 Å². The number of para-hydroxylation sites is 1. The lowest BCUT2D eigenvalue weighted by atomic mass is 9.95. The summed E-state index contributed by atoms with van der Waals surface area (Å²) in [5, 5.41) is 0. The predicted octanol–water partition coefficient (Wildman–Crippen LogP) is 0.557. The fourth-order valence-electron chi connectivity index (χ4n) is 4.27. The van der Waals surface area contributed by atoms with Crippen LogP contribution >= 0.6 is 0 Å². The monoisotopic (exact) mass is 304 g/mol. The molecule has 2 saturated heterocycles. The van der Waals surface area contributed by atoms with E-state index in [4.69, 9.17) is 4.74 Å². The van der Waals surface area contributed by atoms with E-state index in [9.17, 15) is 0 Å². The Balaban J connectivity index is 1.49. The van der Waals surface area contributed by atoms with E-state index >= 15 is 0 Å². The van der Waals surface area contributed by atoms with E-state index in [-0.39, 0.29) is 0 Å². The normalized spacial score (nSPS) is 32.6. The average Bonchev–Trinajstić information content (AvgIpc) is 2.57. The Morgan fingerprint density at radius 3 is 2.36 bits per heavy atom. The first kappa shape index (κ1) is 15.8. The van der Waals surface area contributed by atoms with Crippen LogP contribution in [0.5, 0.6) is 5.75 Å². The number of benzene rings is 1. The number of nitrogens with one attached hydrogen (secondary N) is 2. The van der Waals surface area contributed by atoms with Gasteiger partial charge in [-0.1, -0.05) is 19.1 Å². The molecular weight excluding hydrogens is 272 g/mol. The van der Waals surface area contributed by atoms with Gasteiger partial charge < -0.3 is 14.5 Å². The van der Waals surface area contributed by atoms with Gasteiger partial charge in [0.2, 0.25) is 0 Å². The molecule has 2 aliphatic rings. The van der Waals surface area contributed by atoms with Gasteiger partial charge in [0.15, 0.2) is 0 Å². The van der Waals surface area contributed by atoms with E-state index in [2.05, 4.69) is 31.2 Å². The predicted molar refractivity (Wildman–Crippen MR) is 89.5 cm³/mol. The van der Waals surface area contributed by atoms with Gasteiger partial charge in [-0.25, -0.2) is 0 Å². The van der Waals surface area contributed by atoms with Crippen LogP contribution in [0.2, 0.25) is 0 Å². The van der Waals surface area contributed by atoms with Crippen LogP contribution in [-0.4, -0.2) is 39.3 Å². The third-order valence-electron chi connectivity index (χ3n) is 5.82. The Hall–Kier alpha value is -1.06. The Morgan fingerprint density at radius 1 is 1.00 bits per heavy atom. The van der Waals surface area contributed by atoms with E-state index in [0.29, 0.717) is 0 Å². The zero-order valence-corrected chi connectivity index (χ0v) is 14.2. The standard InChI is InChI=1S/C19H30N2O/c1-16-7-13-21(14-8-16)18-9-11-20(12-10-18)15-17-5-3-4-6-19(17)22-2/h3-6,16,18H,7-15H2,1-2H3/p+2. The first-order valence-corrected chi connectivity index (χ1v) is 9.06. The maximum Gasteiger partial charge on any atom is 0.127 e. The molecule has 0 atom stereocenters. The molecule has 2 N–H and O–H groups in total. The van der Waals surface area contributed by atoms with Crippen molar-refractivity contribution in [3.63, 3.8) is 0 Å². The van der Waals surface area contributed by atoms with Crippen molar-refractivity contribution in [2.45, 2.75) is 45.2 Å². The molecule has 0 spiro atoms. The first-order valence-electron chi connectivity index (χ1n) is 9.06. The maximum atomic E-state index is 5.50. The summed E-state index contributed by atoms with van der Waals surface area (Å²) in [6, 6.07) is 9.41. The van der Waals surface area contributed by atoms with Gasteiger partial charge in [-0.15, -0.1) is 0 Å². The van der Waals surface area contributed by atoms with Crippen LogP contribution in [0, 0.1) is 5.92 Å². The summed E-state index contributed by atoms with van der Waals surface area (Å²) in [6.07, 6.45) is 5.66. The molecule has 3 rings (SSSR count). The summed E-state index contributed by atoms with van der Waals surface area (Å²) in [7, 11) is 1.78. The minimum absolute atomic E-state index is 0.925. The van der Waals surface area contributed by atoms with Crippen molar-refractivity contribution in [3.05, 3.63) is 29.8 Å². The van der Waals surface area contributed by atoms with E-state index in [1.165, 1.54) is 57.4 Å². The summed E-state index contributed by atoms with van der Waals surface area (Å²) in [4.78, 5) is 3.62. The minimum Gasteiger partial charge on any atom is -0.496 e. The van der Waals surface area contributed by atoms with Crippen molar-refractivity contribution < 1.29 is 14.5 Å². The number of quaternary nitrogens is 2. The number of hydrogen-bond acceptors (Lipinski definition) is 1. The summed E-state index contributed by atoms with van der Waals surface area (Å²) in [5.41, 5.74) is 1.36. The number of hydrogen-bond donors (Lipinski definition) is 2. The maximum absolute atomic E-state index is 5.50. The topological polar surface area (TPSA) is 18.1 Å². The van der Waals surface area contributed by atoms with Crippen LogP contribution in [0.25, 0.3) is 0 Å². The third kappa shape index (κ3) is 3.82. The highest BCUT2D eigenvalue weighted by molar-refractivity contribution is 5.32. The van der Waals surface area contributed by atoms with Gasteiger partial charge in [0.1, 0.15) is 12.3 Å². The van der Waals surface area contributed by atoms with Gasteiger partial charge in [0.25, 0.3) is 0 Å². The molecule has 122 valence electrons. The van der Waals surface area contributed by atoms with Gasteiger partial charge in [0, 0.05) is 18.4 Å². The lowest BCUT2D eigenvalue weighted by Gasteiger charge is -2.37. The lowest BCUT2D eigenvalue weighted by molar-refractivity contribution is -0.966. The molecule has 1 aromatic carbocycles. The van der Waals surface area contributed by atoms with Crippen molar-refractivity contribution in [3.8, 4) is 5.75 Å². The summed E-state index contributed by atoms with van der Waals surface area (Å²) in [5.74, 6) is 2.01. The van der Waals surface area contributed by atoms with Crippen molar-refractivity contribution in [1.29, 1.82) is 0 Å². The van der Waals surface area contributed by atoms with Crippen molar-refractivity contribution in [1.82, 2.24) is 0 Å². The molecule has 0 unspecified atom stereocenters. The molecule has 3 nitrogen and oxygen atoms in total. The zero-order valence-electron chi connectivity index (χ0n) is 14.2. The second-order valence-electron chi connectivity index (χ2n) is 7.35. The van der Waals surface area contributed by atoms with Crippen LogP contribution in [0.3, 0.4) is 0 Å². The van der Waals surface area contributed by atoms with E-state index < -0.39 is 0 Å². The highest BCUT2D eigenvalue weighted by Gasteiger charge is 2.32. The Kier molecular flexibility index (Phi) is 5.37. The molecule has 2 fully saturated rings. The first-order chi connectivity index (χ1) is 10.8.